The maximum absolute atomic E-state index is 13.8. The van der Waals surface area contributed by atoms with E-state index in [-0.39, 0.29) is 11.9 Å². The standard InChI is InChI=1S/C16H15FO3/c1-19-15-7-6-10(8-12(15)17)16-9-13(18)11-4-2-3-5-14(11)20-16/h2-8,13,16,18H,9H2,1H3. The van der Waals surface area contributed by atoms with Crippen molar-refractivity contribution in [1.82, 2.24) is 0 Å². The Morgan fingerprint density at radius 3 is 2.80 bits per heavy atom. The van der Waals surface area contributed by atoms with Crippen LogP contribution in [0.2, 0.25) is 0 Å². The second-order valence-corrected chi connectivity index (χ2v) is 4.79. The van der Waals surface area contributed by atoms with Crippen molar-refractivity contribution >= 4 is 0 Å². The van der Waals surface area contributed by atoms with E-state index in [1.807, 2.05) is 24.3 Å². The lowest BCUT2D eigenvalue weighted by molar-refractivity contribution is 0.0655. The normalized spacial score (nSPS) is 20.9. The van der Waals surface area contributed by atoms with E-state index in [0.717, 1.165) is 5.56 Å². The molecule has 104 valence electrons. The third kappa shape index (κ3) is 2.23. The first kappa shape index (κ1) is 12.9. The number of methoxy groups -OCH3 is 1. The summed E-state index contributed by atoms with van der Waals surface area (Å²) in [7, 11) is 1.43. The first-order chi connectivity index (χ1) is 9.69. The molecule has 2 aromatic rings. The molecule has 0 aliphatic carbocycles. The number of rotatable bonds is 2. The second kappa shape index (κ2) is 5.13. The van der Waals surface area contributed by atoms with Crippen LogP contribution in [-0.2, 0) is 0 Å². The molecule has 0 spiro atoms. The van der Waals surface area contributed by atoms with Gasteiger partial charge in [0.05, 0.1) is 13.2 Å². The van der Waals surface area contributed by atoms with Gasteiger partial charge in [0.25, 0.3) is 0 Å². The summed E-state index contributed by atoms with van der Waals surface area (Å²) in [6.07, 6.45) is -0.557. The van der Waals surface area contributed by atoms with E-state index in [1.165, 1.54) is 13.2 Å². The fourth-order valence-electron chi connectivity index (χ4n) is 2.48. The lowest BCUT2D eigenvalue weighted by Gasteiger charge is -2.30. The number of aliphatic hydroxyl groups is 1. The van der Waals surface area contributed by atoms with Gasteiger partial charge >= 0.3 is 0 Å². The number of fused-ring (bicyclic) bond motifs is 1. The second-order valence-electron chi connectivity index (χ2n) is 4.79. The predicted molar refractivity (Wildman–Crippen MR) is 72.3 cm³/mol. The molecule has 4 heteroatoms. The van der Waals surface area contributed by atoms with Crippen molar-refractivity contribution in [3.05, 3.63) is 59.4 Å². The van der Waals surface area contributed by atoms with Gasteiger partial charge in [0.15, 0.2) is 11.6 Å². The third-order valence-electron chi connectivity index (χ3n) is 3.53. The molecule has 1 aliphatic rings. The van der Waals surface area contributed by atoms with Gasteiger partial charge in [-0.1, -0.05) is 24.3 Å². The summed E-state index contributed by atoms with van der Waals surface area (Å²) in [6.45, 7) is 0. The summed E-state index contributed by atoms with van der Waals surface area (Å²) in [5, 5.41) is 10.2. The molecule has 1 heterocycles. The van der Waals surface area contributed by atoms with Crippen LogP contribution in [0.1, 0.15) is 29.8 Å². The Morgan fingerprint density at radius 1 is 1.25 bits per heavy atom. The summed E-state index contributed by atoms with van der Waals surface area (Å²) in [4.78, 5) is 0. The van der Waals surface area contributed by atoms with Crippen molar-refractivity contribution in [1.29, 1.82) is 0 Å². The fraction of sp³-hybridized carbons (Fsp3) is 0.250. The van der Waals surface area contributed by atoms with E-state index in [4.69, 9.17) is 9.47 Å². The number of para-hydroxylation sites is 1. The Hall–Kier alpha value is -2.07. The smallest absolute Gasteiger partial charge is 0.165 e. The average molecular weight is 274 g/mol. The molecule has 0 saturated carbocycles. The van der Waals surface area contributed by atoms with Crippen molar-refractivity contribution in [3.8, 4) is 11.5 Å². The Morgan fingerprint density at radius 2 is 2.05 bits per heavy atom. The van der Waals surface area contributed by atoms with Gasteiger partial charge in [-0.25, -0.2) is 4.39 Å². The number of aliphatic hydroxyl groups excluding tert-OH is 1. The van der Waals surface area contributed by atoms with Gasteiger partial charge in [0.2, 0.25) is 0 Å². The van der Waals surface area contributed by atoms with Crippen molar-refractivity contribution in [3.63, 3.8) is 0 Å². The van der Waals surface area contributed by atoms with Crippen LogP contribution in [0.4, 0.5) is 4.39 Å². The Balaban J connectivity index is 1.91. The van der Waals surface area contributed by atoms with E-state index in [2.05, 4.69) is 0 Å². The number of hydrogen-bond donors (Lipinski definition) is 1. The number of hydrogen-bond acceptors (Lipinski definition) is 3. The number of benzene rings is 2. The van der Waals surface area contributed by atoms with E-state index >= 15 is 0 Å². The average Bonchev–Trinajstić information content (AvgIpc) is 2.47. The molecular weight excluding hydrogens is 259 g/mol. The van der Waals surface area contributed by atoms with Crippen molar-refractivity contribution < 1.29 is 19.0 Å². The van der Waals surface area contributed by atoms with Gasteiger partial charge in [-0.3, -0.25) is 0 Å². The molecule has 0 bridgehead atoms. The van der Waals surface area contributed by atoms with Crippen LogP contribution in [-0.4, -0.2) is 12.2 Å². The van der Waals surface area contributed by atoms with Gasteiger partial charge in [0.1, 0.15) is 11.9 Å². The monoisotopic (exact) mass is 274 g/mol. The van der Waals surface area contributed by atoms with Crippen molar-refractivity contribution in [2.45, 2.75) is 18.6 Å². The zero-order valence-corrected chi connectivity index (χ0v) is 11.0. The SMILES string of the molecule is COc1ccc(C2CC(O)c3ccccc3O2)cc1F. The molecule has 2 unspecified atom stereocenters. The van der Waals surface area contributed by atoms with Gasteiger partial charge in [-0.2, -0.15) is 0 Å². The number of halogens is 1. The highest BCUT2D eigenvalue weighted by atomic mass is 19.1. The topological polar surface area (TPSA) is 38.7 Å². The van der Waals surface area contributed by atoms with Crippen LogP contribution in [0.5, 0.6) is 11.5 Å². The fourth-order valence-corrected chi connectivity index (χ4v) is 2.48. The molecule has 1 aliphatic heterocycles. The Bertz CT molecular complexity index is 627. The van der Waals surface area contributed by atoms with Crippen LogP contribution < -0.4 is 9.47 Å². The molecule has 2 atom stereocenters. The minimum atomic E-state index is -0.602. The lowest BCUT2D eigenvalue weighted by atomic mass is 9.95. The molecule has 20 heavy (non-hydrogen) atoms. The molecule has 0 radical (unpaired) electrons. The lowest BCUT2D eigenvalue weighted by Crippen LogP contribution is -2.19. The van der Waals surface area contributed by atoms with E-state index in [9.17, 15) is 9.50 Å². The van der Waals surface area contributed by atoms with Gasteiger partial charge in [-0.05, 0) is 23.8 Å². The van der Waals surface area contributed by atoms with E-state index < -0.39 is 11.9 Å². The Kier molecular flexibility index (Phi) is 3.32. The Labute approximate surface area is 116 Å². The van der Waals surface area contributed by atoms with Crippen LogP contribution in [0.15, 0.2) is 42.5 Å². The zero-order chi connectivity index (χ0) is 14.1. The van der Waals surface area contributed by atoms with Gasteiger partial charge < -0.3 is 14.6 Å². The van der Waals surface area contributed by atoms with Crippen molar-refractivity contribution in [2.75, 3.05) is 7.11 Å². The third-order valence-corrected chi connectivity index (χ3v) is 3.53. The molecule has 0 saturated heterocycles. The molecule has 2 aromatic carbocycles. The molecule has 1 N–H and O–H groups in total. The summed E-state index contributed by atoms with van der Waals surface area (Å²) >= 11 is 0. The summed E-state index contributed by atoms with van der Waals surface area (Å²) in [5.74, 6) is 0.417. The maximum atomic E-state index is 13.8. The molecule has 0 amide bonds. The quantitative estimate of drug-likeness (QED) is 0.912. The van der Waals surface area contributed by atoms with E-state index in [0.29, 0.717) is 17.7 Å². The number of ether oxygens (including phenoxy) is 2. The molecule has 0 aromatic heterocycles. The highest BCUT2D eigenvalue weighted by Crippen LogP contribution is 2.40. The predicted octanol–water partition coefficient (Wildman–Crippen LogP) is 3.39. The molecular formula is C16H15FO3. The summed E-state index contributed by atoms with van der Waals surface area (Å²) in [5.41, 5.74) is 1.47. The highest BCUT2D eigenvalue weighted by molar-refractivity contribution is 5.39. The van der Waals surface area contributed by atoms with Crippen LogP contribution in [0, 0.1) is 5.82 Å². The minimum Gasteiger partial charge on any atom is -0.494 e. The first-order valence-electron chi connectivity index (χ1n) is 6.46. The van der Waals surface area contributed by atoms with Gasteiger partial charge in [-0.15, -0.1) is 0 Å². The largest absolute Gasteiger partial charge is 0.494 e. The van der Waals surface area contributed by atoms with Gasteiger partial charge in [0, 0.05) is 12.0 Å². The molecule has 3 nitrogen and oxygen atoms in total. The van der Waals surface area contributed by atoms with Crippen molar-refractivity contribution in [2.24, 2.45) is 0 Å². The molecule has 0 fully saturated rings. The maximum Gasteiger partial charge on any atom is 0.165 e. The van der Waals surface area contributed by atoms with Crippen LogP contribution >= 0.6 is 0 Å². The minimum absolute atomic E-state index is 0.200. The first-order valence-corrected chi connectivity index (χ1v) is 6.46. The zero-order valence-electron chi connectivity index (χ0n) is 11.0. The summed E-state index contributed by atoms with van der Waals surface area (Å²) < 4.78 is 24.5. The van der Waals surface area contributed by atoms with Crippen LogP contribution in [0.25, 0.3) is 0 Å². The van der Waals surface area contributed by atoms with E-state index in [1.54, 1.807) is 12.1 Å². The molecule has 3 rings (SSSR count). The van der Waals surface area contributed by atoms with Crippen LogP contribution in [0.3, 0.4) is 0 Å². The highest BCUT2D eigenvalue weighted by Gasteiger charge is 2.28. The summed E-state index contributed by atoms with van der Waals surface area (Å²) in [6, 6.07) is 12.1.